The van der Waals surface area contributed by atoms with Crippen LogP contribution >= 0.6 is 0 Å². The van der Waals surface area contributed by atoms with Gasteiger partial charge in [0.25, 0.3) is 0 Å². The molecule has 0 aromatic heterocycles. The van der Waals surface area contributed by atoms with E-state index in [4.69, 9.17) is 5.26 Å². The number of hydrogen-bond acceptors (Lipinski definition) is 2. The van der Waals surface area contributed by atoms with E-state index in [1.165, 1.54) is 5.56 Å². The fourth-order valence-electron chi connectivity index (χ4n) is 1.77. The molecular formula is C16H22N2O. The predicted molar refractivity (Wildman–Crippen MR) is 76.4 cm³/mol. The molecule has 2 atom stereocenters. The molecule has 1 N–H and O–H groups in total. The maximum atomic E-state index is 12.0. The van der Waals surface area contributed by atoms with Gasteiger partial charge in [-0.1, -0.05) is 37.3 Å². The van der Waals surface area contributed by atoms with Gasteiger partial charge in [-0.05, 0) is 38.7 Å². The molecule has 0 bridgehead atoms. The summed E-state index contributed by atoms with van der Waals surface area (Å²) >= 11 is 0. The maximum absolute atomic E-state index is 12.0. The predicted octanol–water partition coefficient (Wildman–Crippen LogP) is 3.06. The number of nitrogens with one attached hydrogen (secondary N) is 1. The lowest BCUT2D eigenvalue weighted by Crippen LogP contribution is -2.42. The Bertz CT molecular complexity index is 450. The van der Waals surface area contributed by atoms with Gasteiger partial charge in [0.15, 0.2) is 0 Å². The number of carbonyl (C=O) groups excluding carboxylic acids is 1. The topological polar surface area (TPSA) is 52.9 Å². The van der Waals surface area contributed by atoms with Crippen LogP contribution in [-0.2, 0) is 11.2 Å². The van der Waals surface area contributed by atoms with Crippen LogP contribution in [0.2, 0.25) is 0 Å². The van der Waals surface area contributed by atoms with Gasteiger partial charge in [-0.3, -0.25) is 4.79 Å². The fraction of sp³-hybridized carbons (Fsp3) is 0.500. The molecule has 0 aliphatic rings. The zero-order chi connectivity index (χ0) is 14.3. The van der Waals surface area contributed by atoms with Gasteiger partial charge in [0.05, 0.1) is 6.07 Å². The van der Waals surface area contributed by atoms with Crippen molar-refractivity contribution in [2.24, 2.45) is 5.41 Å². The van der Waals surface area contributed by atoms with Crippen LogP contribution in [0.5, 0.6) is 0 Å². The summed E-state index contributed by atoms with van der Waals surface area (Å²) in [5.41, 5.74) is 0.350. The van der Waals surface area contributed by atoms with Gasteiger partial charge in [0.1, 0.15) is 5.41 Å². The lowest BCUT2D eigenvalue weighted by molar-refractivity contribution is -0.128. The van der Waals surface area contributed by atoms with Crippen LogP contribution < -0.4 is 5.32 Å². The van der Waals surface area contributed by atoms with Crippen LogP contribution in [0, 0.1) is 16.7 Å². The van der Waals surface area contributed by atoms with E-state index in [2.05, 4.69) is 23.5 Å². The van der Waals surface area contributed by atoms with E-state index in [1.807, 2.05) is 32.0 Å². The number of rotatable bonds is 6. The third-order valence-corrected chi connectivity index (χ3v) is 3.54. The highest BCUT2D eigenvalue weighted by atomic mass is 16.2. The van der Waals surface area contributed by atoms with Crippen LogP contribution in [0.25, 0.3) is 0 Å². The highest BCUT2D eigenvalue weighted by molar-refractivity contribution is 5.85. The summed E-state index contributed by atoms with van der Waals surface area (Å²) in [6.07, 6.45) is 2.33. The first-order valence-electron chi connectivity index (χ1n) is 6.78. The second kappa shape index (κ2) is 6.94. The fourth-order valence-corrected chi connectivity index (χ4v) is 1.77. The third-order valence-electron chi connectivity index (χ3n) is 3.54. The molecule has 0 saturated heterocycles. The van der Waals surface area contributed by atoms with Gasteiger partial charge >= 0.3 is 0 Å². The maximum Gasteiger partial charge on any atom is 0.240 e. The van der Waals surface area contributed by atoms with Crippen LogP contribution in [0.15, 0.2) is 30.3 Å². The Balaban J connectivity index is 2.46. The molecule has 1 aromatic rings. The van der Waals surface area contributed by atoms with Gasteiger partial charge in [0.2, 0.25) is 5.91 Å². The summed E-state index contributed by atoms with van der Waals surface area (Å²) in [5, 5.41) is 12.0. The second-order valence-corrected chi connectivity index (χ2v) is 5.20. The van der Waals surface area contributed by atoms with Gasteiger partial charge in [-0.25, -0.2) is 0 Å². The molecule has 1 aromatic carbocycles. The Morgan fingerprint density at radius 3 is 2.58 bits per heavy atom. The molecule has 19 heavy (non-hydrogen) atoms. The molecule has 0 spiro atoms. The molecule has 0 radical (unpaired) electrons. The monoisotopic (exact) mass is 258 g/mol. The van der Waals surface area contributed by atoms with Crippen molar-refractivity contribution in [3.8, 4) is 6.07 Å². The van der Waals surface area contributed by atoms with Gasteiger partial charge in [0, 0.05) is 6.04 Å². The smallest absolute Gasteiger partial charge is 0.240 e. The zero-order valence-corrected chi connectivity index (χ0v) is 11.9. The second-order valence-electron chi connectivity index (χ2n) is 5.20. The minimum absolute atomic E-state index is 0.0759. The van der Waals surface area contributed by atoms with Gasteiger partial charge < -0.3 is 5.32 Å². The molecule has 1 rings (SSSR count). The molecule has 0 heterocycles. The zero-order valence-electron chi connectivity index (χ0n) is 11.9. The molecule has 0 aliphatic heterocycles. The summed E-state index contributed by atoms with van der Waals surface area (Å²) in [6, 6.07) is 12.4. The first-order valence-corrected chi connectivity index (χ1v) is 6.78. The SMILES string of the molecule is CCC(C)(C#N)C(=O)NC(C)CCc1ccccc1. The highest BCUT2D eigenvalue weighted by Crippen LogP contribution is 2.20. The van der Waals surface area contributed by atoms with Crippen molar-refractivity contribution in [3.63, 3.8) is 0 Å². The van der Waals surface area contributed by atoms with Crippen LogP contribution in [0.1, 0.15) is 39.2 Å². The van der Waals surface area contributed by atoms with E-state index in [9.17, 15) is 4.79 Å². The van der Waals surface area contributed by atoms with Crippen molar-refractivity contribution in [3.05, 3.63) is 35.9 Å². The summed E-state index contributed by atoms with van der Waals surface area (Å²) in [4.78, 5) is 12.0. The first kappa shape index (κ1) is 15.2. The summed E-state index contributed by atoms with van der Waals surface area (Å²) in [7, 11) is 0. The van der Waals surface area contributed by atoms with E-state index in [-0.39, 0.29) is 11.9 Å². The third kappa shape index (κ3) is 4.40. The number of aryl methyl sites for hydroxylation is 1. The van der Waals surface area contributed by atoms with Crippen LogP contribution in [-0.4, -0.2) is 11.9 Å². The number of hydrogen-bond donors (Lipinski definition) is 1. The molecule has 3 nitrogen and oxygen atoms in total. The van der Waals surface area contributed by atoms with Crippen molar-refractivity contribution in [2.75, 3.05) is 0 Å². The van der Waals surface area contributed by atoms with Crippen molar-refractivity contribution < 1.29 is 4.79 Å². The van der Waals surface area contributed by atoms with Crippen molar-refractivity contribution in [1.82, 2.24) is 5.32 Å². The molecule has 1 amide bonds. The minimum Gasteiger partial charge on any atom is -0.352 e. The molecule has 102 valence electrons. The Morgan fingerprint density at radius 1 is 1.42 bits per heavy atom. The quantitative estimate of drug-likeness (QED) is 0.852. The molecule has 0 fully saturated rings. The molecular weight excluding hydrogens is 236 g/mol. The molecule has 2 unspecified atom stereocenters. The number of benzene rings is 1. The van der Waals surface area contributed by atoms with Gasteiger partial charge in [-0.15, -0.1) is 0 Å². The highest BCUT2D eigenvalue weighted by Gasteiger charge is 2.31. The summed E-state index contributed by atoms with van der Waals surface area (Å²) < 4.78 is 0. The van der Waals surface area contributed by atoms with Crippen LogP contribution in [0.4, 0.5) is 0 Å². The Hall–Kier alpha value is -1.82. The molecule has 0 saturated carbocycles. The number of carbonyl (C=O) groups is 1. The summed E-state index contributed by atoms with van der Waals surface area (Å²) in [6.45, 7) is 5.53. The average Bonchev–Trinajstić information content (AvgIpc) is 2.45. The minimum atomic E-state index is -0.916. The van der Waals surface area contributed by atoms with Crippen molar-refractivity contribution in [1.29, 1.82) is 5.26 Å². The summed E-state index contributed by atoms with van der Waals surface area (Å²) in [5.74, 6) is -0.168. The average molecular weight is 258 g/mol. The van der Waals surface area contributed by atoms with E-state index < -0.39 is 5.41 Å². The van der Waals surface area contributed by atoms with Crippen molar-refractivity contribution in [2.45, 2.75) is 46.1 Å². The number of nitrogens with zero attached hydrogens (tertiary/aromatic N) is 1. The molecule has 3 heteroatoms. The largest absolute Gasteiger partial charge is 0.352 e. The van der Waals surface area contributed by atoms with Gasteiger partial charge in [-0.2, -0.15) is 5.26 Å². The van der Waals surface area contributed by atoms with E-state index in [1.54, 1.807) is 6.92 Å². The Kier molecular flexibility index (Phi) is 5.57. The van der Waals surface area contributed by atoms with Crippen LogP contribution in [0.3, 0.4) is 0 Å². The van der Waals surface area contributed by atoms with Crippen molar-refractivity contribution >= 4 is 5.91 Å². The lowest BCUT2D eigenvalue weighted by atomic mass is 9.88. The molecule has 0 aliphatic carbocycles. The number of nitriles is 1. The Labute approximate surface area is 115 Å². The van der Waals surface area contributed by atoms with E-state index in [0.717, 1.165) is 12.8 Å². The number of amides is 1. The lowest BCUT2D eigenvalue weighted by Gasteiger charge is -2.22. The Morgan fingerprint density at radius 2 is 2.05 bits per heavy atom. The first-order chi connectivity index (χ1) is 9.01. The van der Waals surface area contributed by atoms with E-state index >= 15 is 0 Å². The van der Waals surface area contributed by atoms with E-state index in [0.29, 0.717) is 6.42 Å². The standard InChI is InChI=1S/C16H22N2O/c1-4-16(3,12-17)15(19)18-13(2)10-11-14-8-6-5-7-9-14/h5-9,13H,4,10-11H2,1-3H3,(H,18,19). The normalized spacial score (nSPS) is 15.1.